The molecule has 0 aromatic carbocycles. The molecule has 4 aromatic rings. The van der Waals surface area contributed by atoms with Crippen LogP contribution in [0.1, 0.15) is 52.2 Å². The van der Waals surface area contributed by atoms with Crippen LogP contribution in [0, 0.1) is 13.8 Å². The summed E-state index contributed by atoms with van der Waals surface area (Å²) in [7, 11) is 0. The number of thiophene rings is 1. The fourth-order valence-corrected chi connectivity index (χ4v) is 4.96. The molecule has 190 valence electrons. The fraction of sp³-hybridized carbons (Fsp3) is 0.318. The highest BCUT2D eigenvalue weighted by molar-refractivity contribution is 7.21. The van der Waals surface area contributed by atoms with Gasteiger partial charge in [-0.15, -0.1) is 11.3 Å². The number of carbonyl (C=O) groups is 2. The van der Waals surface area contributed by atoms with Gasteiger partial charge < -0.3 is 11.1 Å². The average molecular weight is 524 g/mol. The molecule has 0 aliphatic carbocycles. The maximum absolute atomic E-state index is 13.7. The lowest BCUT2D eigenvalue weighted by molar-refractivity contribution is -0.117. The van der Waals surface area contributed by atoms with Gasteiger partial charge in [-0.25, -0.2) is 22.5 Å². The Labute approximate surface area is 205 Å². The lowest BCUT2D eigenvalue weighted by Crippen LogP contribution is -2.22. The van der Waals surface area contributed by atoms with Gasteiger partial charge in [-0.3, -0.25) is 19.0 Å². The van der Waals surface area contributed by atoms with Crippen molar-refractivity contribution in [3.63, 3.8) is 0 Å². The zero-order valence-electron chi connectivity index (χ0n) is 19.4. The molecule has 0 saturated carbocycles. The van der Waals surface area contributed by atoms with Crippen molar-refractivity contribution in [1.29, 1.82) is 0 Å². The third-order valence-electron chi connectivity index (χ3n) is 5.54. The van der Waals surface area contributed by atoms with Crippen LogP contribution >= 0.6 is 11.3 Å². The van der Waals surface area contributed by atoms with Crippen LogP contribution in [-0.4, -0.2) is 36.4 Å². The van der Waals surface area contributed by atoms with Crippen LogP contribution in [0.25, 0.3) is 21.3 Å². The molecule has 9 nitrogen and oxygen atoms in total. The molecule has 4 rings (SSSR count). The topological polar surface area (TPSA) is 121 Å². The highest BCUT2D eigenvalue weighted by atomic mass is 32.1. The standard InChI is InChI=1S/C22H21F4N7O2S/c1-4-32-10(3)12(7-28-32)11-6-13(19(23)24)29-22-16(11)17(18(36-22)21(27)35)30-15(34)8-33-14(20(25)26)5-9(2)31-33/h5-7,19-20H,4,8H2,1-3H3,(H2,27,35)(H,30,34). The van der Waals surface area contributed by atoms with E-state index in [1.807, 2.05) is 6.92 Å². The summed E-state index contributed by atoms with van der Waals surface area (Å²) >= 11 is 0.748. The summed E-state index contributed by atoms with van der Waals surface area (Å²) in [5.74, 6) is -1.69. The summed E-state index contributed by atoms with van der Waals surface area (Å²) in [4.78, 5) is 29.0. The van der Waals surface area contributed by atoms with Gasteiger partial charge in [0, 0.05) is 23.2 Å². The Bertz CT molecular complexity index is 1470. The number of carbonyl (C=O) groups excluding carboxylic acids is 2. The molecule has 0 fully saturated rings. The largest absolute Gasteiger partial charge is 0.365 e. The minimum absolute atomic E-state index is 0.0399. The van der Waals surface area contributed by atoms with Gasteiger partial charge in [0.25, 0.3) is 18.8 Å². The number of anilines is 1. The Morgan fingerprint density at radius 1 is 1.11 bits per heavy atom. The first-order chi connectivity index (χ1) is 17.0. The molecule has 0 spiro atoms. The van der Waals surface area contributed by atoms with Crippen molar-refractivity contribution in [2.24, 2.45) is 5.73 Å². The van der Waals surface area contributed by atoms with Gasteiger partial charge in [0.05, 0.1) is 17.6 Å². The number of hydrogen-bond donors (Lipinski definition) is 2. The number of amides is 2. The van der Waals surface area contributed by atoms with Crippen LogP contribution in [0.4, 0.5) is 23.2 Å². The molecule has 0 atom stereocenters. The van der Waals surface area contributed by atoms with Crippen molar-refractivity contribution < 1.29 is 27.2 Å². The van der Waals surface area contributed by atoms with E-state index in [1.54, 1.807) is 11.6 Å². The minimum Gasteiger partial charge on any atom is -0.365 e. The molecule has 36 heavy (non-hydrogen) atoms. The normalized spacial score (nSPS) is 11.7. The average Bonchev–Trinajstić information content (AvgIpc) is 3.48. The fourth-order valence-electron chi connectivity index (χ4n) is 3.95. The Hall–Kier alpha value is -3.81. The monoisotopic (exact) mass is 523 g/mol. The van der Waals surface area contributed by atoms with E-state index in [9.17, 15) is 27.2 Å². The summed E-state index contributed by atoms with van der Waals surface area (Å²) in [6.07, 6.45) is -4.26. The molecular weight excluding hydrogens is 502 g/mol. The van der Waals surface area contributed by atoms with Crippen LogP contribution in [-0.2, 0) is 17.9 Å². The number of nitrogens with two attached hydrogens (primary N) is 1. The van der Waals surface area contributed by atoms with Crippen LogP contribution in [0.2, 0.25) is 0 Å². The van der Waals surface area contributed by atoms with Crippen molar-refractivity contribution in [2.75, 3.05) is 5.32 Å². The van der Waals surface area contributed by atoms with Gasteiger partial charge in [-0.2, -0.15) is 10.2 Å². The molecule has 0 bridgehead atoms. The van der Waals surface area contributed by atoms with E-state index in [-0.39, 0.29) is 26.3 Å². The zero-order valence-corrected chi connectivity index (χ0v) is 20.2. The second kappa shape index (κ2) is 9.68. The van der Waals surface area contributed by atoms with E-state index >= 15 is 0 Å². The van der Waals surface area contributed by atoms with Gasteiger partial charge >= 0.3 is 0 Å². The van der Waals surface area contributed by atoms with E-state index in [4.69, 9.17) is 5.73 Å². The summed E-state index contributed by atoms with van der Waals surface area (Å²) in [5.41, 5.74) is 6.26. The third kappa shape index (κ3) is 4.55. The van der Waals surface area contributed by atoms with E-state index in [2.05, 4.69) is 20.5 Å². The molecule has 0 aliphatic heterocycles. The molecule has 0 unspecified atom stereocenters. The predicted molar refractivity (Wildman–Crippen MR) is 125 cm³/mol. The minimum atomic E-state index is -2.90. The molecule has 4 heterocycles. The molecule has 3 N–H and O–H groups in total. The molecule has 0 saturated heterocycles. The number of hydrogen-bond acceptors (Lipinski definition) is 6. The smallest absolute Gasteiger partial charge is 0.280 e. The number of halogens is 4. The quantitative estimate of drug-likeness (QED) is 0.327. The number of alkyl halides is 4. The maximum Gasteiger partial charge on any atom is 0.280 e. The Morgan fingerprint density at radius 3 is 2.42 bits per heavy atom. The first-order valence-corrected chi connectivity index (χ1v) is 11.5. The van der Waals surface area contributed by atoms with Crippen LogP contribution in [0.3, 0.4) is 0 Å². The molecule has 2 amide bonds. The lowest BCUT2D eigenvalue weighted by atomic mass is 10.0. The van der Waals surface area contributed by atoms with Gasteiger partial charge in [-0.1, -0.05) is 0 Å². The molecular formula is C22H21F4N7O2S. The van der Waals surface area contributed by atoms with Crippen LogP contribution < -0.4 is 11.1 Å². The van der Waals surface area contributed by atoms with Gasteiger partial charge in [0.15, 0.2) is 0 Å². The Balaban J connectivity index is 1.87. The molecule has 0 aliphatic rings. The molecule has 4 aromatic heterocycles. The number of nitrogens with zero attached hydrogens (tertiary/aromatic N) is 5. The Morgan fingerprint density at radius 2 is 1.83 bits per heavy atom. The zero-order chi connectivity index (χ0) is 26.3. The number of rotatable bonds is 8. The highest BCUT2D eigenvalue weighted by Gasteiger charge is 2.27. The second-order valence-corrected chi connectivity index (χ2v) is 8.92. The van der Waals surface area contributed by atoms with Crippen molar-refractivity contribution >= 4 is 39.1 Å². The van der Waals surface area contributed by atoms with Crippen molar-refractivity contribution in [3.8, 4) is 11.1 Å². The summed E-state index contributed by atoms with van der Waals surface area (Å²) in [6.45, 7) is 5.08. The number of fused-ring (bicyclic) bond motifs is 1. The summed E-state index contributed by atoms with van der Waals surface area (Å²) in [6, 6.07) is 2.34. The lowest BCUT2D eigenvalue weighted by Gasteiger charge is -2.12. The third-order valence-corrected chi connectivity index (χ3v) is 6.63. The van der Waals surface area contributed by atoms with Crippen molar-refractivity contribution in [3.05, 3.63) is 46.0 Å². The maximum atomic E-state index is 13.7. The first kappa shape index (κ1) is 25.3. The van der Waals surface area contributed by atoms with E-state index in [0.29, 0.717) is 23.5 Å². The van der Waals surface area contributed by atoms with Gasteiger partial charge in [0.1, 0.15) is 27.6 Å². The van der Waals surface area contributed by atoms with Gasteiger partial charge in [0.2, 0.25) is 5.91 Å². The number of pyridine rings is 1. The predicted octanol–water partition coefficient (Wildman–Crippen LogP) is 4.61. The number of primary amides is 1. The number of aryl methyl sites for hydroxylation is 2. The molecule has 0 radical (unpaired) electrons. The van der Waals surface area contributed by atoms with Crippen LogP contribution in [0.5, 0.6) is 0 Å². The van der Waals surface area contributed by atoms with Gasteiger partial charge in [-0.05, 0) is 38.5 Å². The SMILES string of the molecule is CCn1ncc(-c2cc(C(F)F)nc3sc(C(N)=O)c(NC(=O)Cn4nc(C)cc4C(F)F)c23)c1C. The summed E-state index contributed by atoms with van der Waals surface area (Å²) < 4.78 is 56.5. The highest BCUT2D eigenvalue weighted by Crippen LogP contribution is 2.43. The number of aromatic nitrogens is 5. The van der Waals surface area contributed by atoms with E-state index < -0.39 is 42.6 Å². The van der Waals surface area contributed by atoms with E-state index in [0.717, 1.165) is 22.1 Å². The Kier molecular flexibility index (Phi) is 6.80. The van der Waals surface area contributed by atoms with E-state index in [1.165, 1.54) is 19.2 Å². The number of nitrogens with one attached hydrogen (secondary N) is 1. The second-order valence-electron chi connectivity index (χ2n) is 7.92. The first-order valence-electron chi connectivity index (χ1n) is 10.7. The van der Waals surface area contributed by atoms with Crippen molar-refractivity contribution in [1.82, 2.24) is 24.5 Å². The van der Waals surface area contributed by atoms with Crippen LogP contribution in [0.15, 0.2) is 18.3 Å². The van der Waals surface area contributed by atoms with Crippen molar-refractivity contribution in [2.45, 2.75) is 46.7 Å². The summed E-state index contributed by atoms with van der Waals surface area (Å²) in [5, 5.41) is 10.9. The molecule has 14 heteroatoms.